The summed E-state index contributed by atoms with van der Waals surface area (Å²) < 4.78 is 30.0. The second-order valence-electron chi connectivity index (χ2n) is 7.32. The van der Waals surface area contributed by atoms with Crippen LogP contribution in [0.5, 0.6) is 0 Å². The summed E-state index contributed by atoms with van der Waals surface area (Å²) in [6, 6.07) is 6.98. The number of carbonyl (C=O) groups is 2. The molecule has 3 N–H and O–H groups in total. The Kier molecular flexibility index (Phi) is 6.48. The predicted molar refractivity (Wildman–Crippen MR) is 116 cm³/mol. The highest BCUT2D eigenvalue weighted by Gasteiger charge is 2.23. The Hall–Kier alpha value is -3.55. The first-order valence-electron chi connectivity index (χ1n) is 9.98. The number of fused-ring (bicyclic) bond motifs is 1. The maximum atomic E-state index is 14.6. The van der Waals surface area contributed by atoms with Crippen LogP contribution in [-0.4, -0.2) is 28.1 Å². The monoisotopic (exact) mass is 426 g/mol. The number of nitrogens with two attached hydrogens (primary N) is 1. The lowest BCUT2D eigenvalue weighted by Crippen LogP contribution is -2.16. The van der Waals surface area contributed by atoms with Gasteiger partial charge in [0, 0.05) is 30.8 Å². The first kappa shape index (κ1) is 22.1. The number of ketones is 1. The van der Waals surface area contributed by atoms with Crippen LogP contribution >= 0.6 is 0 Å². The van der Waals surface area contributed by atoms with Gasteiger partial charge in [-0.15, -0.1) is 0 Å². The summed E-state index contributed by atoms with van der Waals surface area (Å²) in [7, 11) is 1.43. The van der Waals surface area contributed by atoms with Gasteiger partial charge in [0.25, 0.3) is 0 Å². The molecule has 8 heteroatoms. The van der Waals surface area contributed by atoms with Gasteiger partial charge in [-0.05, 0) is 35.8 Å². The minimum Gasteiger partial charge on any atom is -0.382 e. The molecule has 1 unspecified atom stereocenters. The molecule has 0 aliphatic heterocycles. The van der Waals surface area contributed by atoms with Gasteiger partial charge in [0.15, 0.2) is 23.2 Å². The van der Waals surface area contributed by atoms with Crippen molar-refractivity contribution in [1.29, 1.82) is 0 Å². The number of anilines is 1. The topological polar surface area (TPSA) is 89.5 Å². The van der Waals surface area contributed by atoms with Crippen LogP contribution in [0.2, 0.25) is 0 Å². The molecular formula is C23H24F2N4O2. The molecule has 3 aromatic rings. The molecule has 0 bridgehead atoms. The Morgan fingerprint density at radius 3 is 2.68 bits per heavy atom. The van der Waals surface area contributed by atoms with E-state index >= 15 is 0 Å². The van der Waals surface area contributed by atoms with E-state index in [0.29, 0.717) is 17.6 Å². The average Bonchev–Trinajstić information content (AvgIpc) is 3.08. The van der Waals surface area contributed by atoms with Crippen molar-refractivity contribution in [3.05, 3.63) is 71.1 Å². The molecule has 162 valence electrons. The van der Waals surface area contributed by atoms with E-state index in [0.717, 1.165) is 12.5 Å². The van der Waals surface area contributed by atoms with Gasteiger partial charge >= 0.3 is 0 Å². The zero-order valence-electron chi connectivity index (χ0n) is 17.6. The summed E-state index contributed by atoms with van der Waals surface area (Å²) >= 11 is 0. The van der Waals surface area contributed by atoms with E-state index in [1.165, 1.54) is 29.7 Å². The lowest BCUT2D eigenvalue weighted by atomic mass is 9.97. The Balaban J connectivity index is 2.22. The number of nitrogens with zero attached hydrogens (tertiary/aromatic N) is 2. The lowest BCUT2D eigenvalue weighted by molar-refractivity contribution is -0.116. The fourth-order valence-corrected chi connectivity index (χ4v) is 3.50. The molecule has 31 heavy (non-hydrogen) atoms. The summed E-state index contributed by atoms with van der Waals surface area (Å²) in [4.78, 5) is 29.3. The third-order valence-electron chi connectivity index (χ3n) is 5.12. The maximum Gasteiger partial charge on any atom is 0.244 e. The van der Waals surface area contributed by atoms with Gasteiger partial charge in [-0.2, -0.15) is 0 Å². The van der Waals surface area contributed by atoms with Gasteiger partial charge in [0.05, 0.1) is 0 Å². The van der Waals surface area contributed by atoms with E-state index < -0.39 is 17.5 Å². The number of likely N-dealkylation sites (N-methyl/N-ethyl adjacent to an activating group) is 1. The number of nitrogen functional groups attached to an aromatic ring is 1. The van der Waals surface area contributed by atoms with Crippen LogP contribution < -0.4 is 11.1 Å². The van der Waals surface area contributed by atoms with Crippen LogP contribution in [0.3, 0.4) is 0 Å². The van der Waals surface area contributed by atoms with Gasteiger partial charge in [0.2, 0.25) is 5.91 Å². The molecule has 2 aromatic heterocycles. The quantitative estimate of drug-likeness (QED) is 0.442. The number of rotatable bonds is 7. The molecule has 1 atom stereocenters. The minimum atomic E-state index is -1.07. The van der Waals surface area contributed by atoms with E-state index in [4.69, 9.17) is 5.73 Å². The highest BCUT2D eigenvalue weighted by Crippen LogP contribution is 2.29. The molecule has 0 radical (unpaired) electrons. The maximum absolute atomic E-state index is 14.6. The molecular weight excluding hydrogens is 402 g/mol. The molecule has 0 aliphatic carbocycles. The zero-order valence-corrected chi connectivity index (χ0v) is 17.6. The third-order valence-corrected chi connectivity index (χ3v) is 5.12. The van der Waals surface area contributed by atoms with Crippen LogP contribution in [0.4, 0.5) is 14.6 Å². The molecule has 0 spiro atoms. The molecule has 1 aromatic carbocycles. The molecule has 0 fully saturated rings. The van der Waals surface area contributed by atoms with Crippen molar-refractivity contribution in [3.63, 3.8) is 0 Å². The number of imidazole rings is 1. The van der Waals surface area contributed by atoms with Gasteiger partial charge in [-0.25, -0.2) is 13.8 Å². The Labute approximate surface area is 178 Å². The number of halogens is 2. The van der Waals surface area contributed by atoms with Crippen molar-refractivity contribution >= 4 is 28.7 Å². The number of amides is 1. The van der Waals surface area contributed by atoms with E-state index in [-0.39, 0.29) is 34.3 Å². The first-order valence-corrected chi connectivity index (χ1v) is 9.98. The number of hydrogen-bond donors (Lipinski definition) is 2. The molecule has 3 rings (SSSR count). The van der Waals surface area contributed by atoms with Gasteiger partial charge in [-0.1, -0.05) is 32.4 Å². The highest BCUT2D eigenvalue weighted by atomic mass is 19.2. The van der Waals surface area contributed by atoms with E-state index in [1.54, 1.807) is 18.3 Å². The summed E-state index contributed by atoms with van der Waals surface area (Å²) in [5.41, 5.74) is 7.18. The standard InChI is InChI=1S/C23H24F2N4O2/c1-4-6-13(2)22(31)21-23(26)28-18-10-9-14(12-29(18)21)16(11-19(30)27-3)15-7-5-8-17(24)20(15)25/h5,7-13H,4,6,26H2,1-3H3,(H,27,30)/b16-11-. The zero-order chi connectivity index (χ0) is 22.7. The number of hydrogen-bond acceptors (Lipinski definition) is 4. The molecule has 0 aliphatic rings. The summed E-state index contributed by atoms with van der Waals surface area (Å²) in [5, 5.41) is 2.44. The molecule has 6 nitrogen and oxygen atoms in total. The largest absolute Gasteiger partial charge is 0.382 e. The Bertz CT molecular complexity index is 1180. The Morgan fingerprint density at radius 2 is 2.00 bits per heavy atom. The molecule has 2 heterocycles. The van der Waals surface area contributed by atoms with E-state index in [1.807, 2.05) is 13.8 Å². The minimum absolute atomic E-state index is 0.0803. The SMILES string of the molecule is CCCC(C)C(=O)c1c(N)nc2ccc(/C(=C/C(=O)NC)c3cccc(F)c3F)cn12. The predicted octanol–water partition coefficient (Wildman–Crippen LogP) is 3.99. The number of Topliss-reactive ketones (excluding diaryl/α,β-unsaturated/α-hetero) is 1. The Morgan fingerprint density at radius 1 is 1.26 bits per heavy atom. The smallest absolute Gasteiger partial charge is 0.244 e. The van der Waals surface area contributed by atoms with Crippen molar-refractivity contribution in [3.8, 4) is 0 Å². The molecule has 0 saturated carbocycles. The normalized spacial score (nSPS) is 12.7. The van der Waals surface area contributed by atoms with Gasteiger partial charge in [-0.3, -0.25) is 14.0 Å². The summed E-state index contributed by atoms with van der Waals surface area (Å²) in [6.45, 7) is 3.82. The van der Waals surface area contributed by atoms with Crippen LogP contribution in [0.1, 0.15) is 48.3 Å². The summed E-state index contributed by atoms with van der Waals surface area (Å²) in [6.07, 6.45) is 4.28. The van der Waals surface area contributed by atoms with E-state index in [2.05, 4.69) is 10.3 Å². The van der Waals surface area contributed by atoms with Gasteiger partial charge in [0.1, 0.15) is 11.3 Å². The van der Waals surface area contributed by atoms with Crippen LogP contribution in [0.25, 0.3) is 11.2 Å². The second-order valence-corrected chi connectivity index (χ2v) is 7.32. The van der Waals surface area contributed by atoms with Crippen molar-refractivity contribution < 1.29 is 18.4 Å². The van der Waals surface area contributed by atoms with E-state index in [9.17, 15) is 18.4 Å². The third kappa shape index (κ3) is 4.33. The van der Waals surface area contributed by atoms with Crippen LogP contribution in [0.15, 0.2) is 42.6 Å². The average molecular weight is 426 g/mol. The second kappa shape index (κ2) is 9.07. The van der Waals surface area contributed by atoms with Crippen LogP contribution in [-0.2, 0) is 4.79 Å². The molecule has 1 amide bonds. The van der Waals surface area contributed by atoms with Crippen molar-refractivity contribution in [2.45, 2.75) is 26.7 Å². The molecule has 0 saturated heterocycles. The summed E-state index contributed by atoms with van der Waals surface area (Å²) in [5.74, 6) is -2.90. The fourth-order valence-electron chi connectivity index (χ4n) is 3.50. The number of benzene rings is 1. The number of carbonyl (C=O) groups excluding carboxylic acids is 2. The lowest BCUT2D eigenvalue weighted by Gasteiger charge is -2.13. The first-order chi connectivity index (χ1) is 14.8. The van der Waals surface area contributed by atoms with Crippen LogP contribution in [0, 0.1) is 17.6 Å². The van der Waals surface area contributed by atoms with Gasteiger partial charge < -0.3 is 11.1 Å². The number of pyridine rings is 1. The van der Waals surface area contributed by atoms with Crippen molar-refractivity contribution in [1.82, 2.24) is 14.7 Å². The highest BCUT2D eigenvalue weighted by molar-refractivity contribution is 6.02. The van der Waals surface area contributed by atoms with Crippen molar-refractivity contribution in [2.24, 2.45) is 5.92 Å². The van der Waals surface area contributed by atoms with Crippen molar-refractivity contribution in [2.75, 3.05) is 12.8 Å². The fraction of sp³-hybridized carbons (Fsp3) is 0.261. The number of aromatic nitrogens is 2. The number of nitrogens with one attached hydrogen (secondary N) is 1.